The third-order valence-corrected chi connectivity index (χ3v) is 2.64. The molecule has 0 saturated heterocycles. The predicted molar refractivity (Wildman–Crippen MR) is 72.8 cm³/mol. The van der Waals surface area contributed by atoms with Gasteiger partial charge in [-0.25, -0.2) is 4.39 Å². The van der Waals surface area contributed by atoms with E-state index in [2.05, 4.69) is 0 Å². The molecule has 0 heterocycles. The SMILES string of the molecule is CCOc1ccc(OCc2cccc(N)c2F)cc1. The summed E-state index contributed by atoms with van der Waals surface area (Å²) in [5.74, 6) is 1.02. The molecule has 0 saturated carbocycles. The molecule has 0 unspecified atom stereocenters. The fraction of sp³-hybridized carbons (Fsp3) is 0.200. The highest BCUT2D eigenvalue weighted by Crippen LogP contribution is 2.20. The van der Waals surface area contributed by atoms with Crippen LogP contribution < -0.4 is 15.2 Å². The second-order valence-electron chi connectivity index (χ2n) is 4.01. The zero-order chi connectivity index (χ0) is 13.7. The van der Waals surface area contributed by atoms with Crippen molar-refractivity contribution in [3.63, 3.8) is 0 Å². The average Bonchev–Trinajstić information content (AvgIpc) is 2.42. The standard InChI is InChI=1S/C15H16FNO2/c1-2-18-12-6-8-13(9-7-12)19-10-11-4-3-5-14(17)15(11)16/h3-9H,2,10,17H2,1H3. The van der Waals surface area contributed by atoms with Crippen LogP contribution in [0.3, 0.4) is 0 Å². The molecular weight excluding hydrogens is 245 g/mol. The van der Waals surface area contributed by atoms with Gasteiger partial charge in [-0.05, 0) is 37.3 Å². The first-order valence-corrected chi connectivity index (χ1v) is 6.09. The van der Waals surface area contributed by atoms with Gasteiger partial charge in [0, 0.05) is 5.56 Å². The number of hydrogen-bond donors (Lipinski definition) is 1. The lowest BCUT2D eigenvalue weighted by Gasteiger charge is -2.09. The summed E-state index contributed by atoms with van der Waals surface area (Å²) in [7, 11) is 0. The van der Waals surface area contributed by atoms with E-state index in [9.17, 15) is 4.39 Å². The maximum atomic E-state index is 13.6. The van der Waals surface area contributed by atoms with Crippen LogP contribution in [0.1, 0.15) is 12.5 Å². The molecule has 100 valence electrons. The van der Waals surface area contributed by atoms with Crippen LogP contribution in [0.15, 0.2) is 42.5 Å². The van der Waals surface area contributed by atoms with Crippen LogP contribution in [-0.4, -0.2) is 6.61 Å². The van der Waals surface area contributed by atoms with Gasteiger partial charge in [0.2, 0.25) is 0 Å². The summed E-state index contributed by atoms with van der Waals surface area (Å²) in [6.07, 6.45) is 0. The lowest BCUT2D eigenvalue weighted by molar-refractivity contribution is 0.298. The minimum absolute atomic E-state index is 0.132. The molecule has 19 heavy (non-hydrogen) atoms. The molecule has 0 spiro atoms. The number of rotatable bonds is 5. The molecule has 2 N–H and O–H groups in total. The van der Waals surface area contributed by atoms with Crippen LogP contribution in [0.25, 0.3) is 0 Å². The van der Waals surface area contributed by atoms with Crippen LogP contribution in [-0.2, 0) is 6.61 Å². The van der Waals surface area contributed by atoms with Gasteiger partial charge in [0.25, 0.3) is 0 Å². The van der Waals surface area contributed by atoms with E-state index >= 15 is 0 Å². The molecule has 4 heteroatoms. The van der Waals surface area contributed by atoms with Crippen molar-refractivity contribution in [2.45, 2.75) is 13.5 Å². The second kappa shape index (κ2) is 6.09. The molecule has 2 rings (SSSR count). The molecule has 0 bridgehead atoms. The highest BCUT2D eigenvalue weighted by Gasteiger charge is 2.06. The molecule has 0 aliphatic carbocycles. The Morgan fingerprint density at radius 3 is 2.26 bits per heavy atom. The maximum Gasteiger partial charge on any atom is 0.152 e. The van der Waals surface area contributed by atoms with Crippen LogP contribution in [0.5, 0.6) is 11.5 Å². The zero-order valence-corrected chi connectivity index (χ0v) is 10.7. The van der Waals surface area contributed by atoms with Crippen LogP contribution >= 0.6 is 0 Å². The van der Waals surface area contributed by atoms with E-state index < -0.39 is 5.82 Å². The van der Waals surface area contributed by atoms with Gasteiger partial charge in [0.15, 0.2) is 5.82 Å². The van der Waals surface area contributed by atoms with E-state index in [1.54, 1.807) is 24.3 Å². The first-order valence-electron chi connectivity index (χ1n) is 6.09. The van der Waals surface area contributed by atoms with Gasteiger partial charge in [-0.2, -0.15) is 0 Å². The van der Waals surface area contributed by atoms with E-state index in [0.29, 0.717) is 17.9 Å². The second-order valence-corrected chi connectivity index (χ2v) is 4.01. The first-order chi connectivity index (χ1) is 9.20. The van der Waals surface area contributed by atoms with Crippen molar-refractivity contribution in [3.8, 4) is 11.5 Å². The van der Waals surface area contributed by atoms with Gasteiger partial charge in [-0.3, -0.25) is 0 Å². The normalized spacial score (nSPS) is 10.2. The summed E-state index contributed by atoms with van der Waals surface area (Å²) >= 11 is 0. The quantitative estimate of drug-likeness (QED) is 0.839. The van der Waals surface area contributed by atoms with Crippen molar-refractivity contribution in [1.29, 1.82) is 0 Å². The Labute approximate surface area is 111 Å². The Kier molecular flexibility index (Phi) is 4.23. The largest absolute Gasteiger partial charge is 0.494 e. The fourth-order valence-corrected chi connectivity index (χ4v) is 1.67. The van der Waals surface area contributed by atoms with Gasteiger partial charge in [-0.15, -0.1) is 0 Å². The van der Waals surface area contributed by atoms with Crippen LogP contribution in [0, 0.1) is 5.82 Å². The first kappa shape index (κ1) is 13.2. The van der Waals surface area contributed by atoms with E-state index in [1.165, 1.54) is 6.07 Å². The van der Waals surface area contributed by atoms with Crippen LogP contribution in [0.2, 0.25) is 0 Å². The Bertz CT molecular complexity index is 540. The van der Waals surface area contributed by atoms with Gasteiger partial charge >= 0.3 is 0 Å². The molecule has 3 nitrogen and oxygen atoms in total. The number of benzene rings is 2. The van der Waals surface area contributed by atoms with Crippen molar-refractivity contribution >= 4 is 5.69 Å². The molecule has 0 aliphatic heterocycles. The van der Waals surface area contributed by atoms with Gasteiger partial charge in [-0.1, -0.05) is 12.1 Å². The van der Waals surface area contributed by atoms with E-state index in [4.69, 9.17) is 15.2 Å². The lowest BCUT2D eigenvalue weighted by atomic mass is 10.2. The summed E-state index contributed by atoms with van der Waals surface area (Å²) < 4.78 is 24.5. The topological polar surface area (TPSA) is 44.5 Å². The van der Waals surface area contributed by atoms with E-state index in [0.717, 1.165) is 5.75 Å². The summed E-state index contributed by atoms with van der Waals surface area (Å²) in [5, 5.41) is 0. The fourth-order valence-electron chi connectivity index (χ4n) is 1.67. The molecule has 0 aliphatic rings. The average molecular weight is 261 g/mol. The molecule has 2 aromatic carbocycles. The van der Waals surface area contributed by atoms with Gasteiger partial charge < -0.3 is 15.2 Å². The minimum atomic E-state index is -0.423. The summed E-state index contributed by atoms with van der Waals surface area (Å²) in [4.78, 5) is 0. The molecule has 0 amide bonds. The van der Waals surface area contributed by atoms with Gasteiger partial charge in [0.05, 0.1) is 12.3 Å². The predicted octanol–water partition coefficient (Wildman–Crippen LogP) is 3.39. The molecule has 2 aromatic rings. The Morgan fingerprint density at radius 2 is 1.63 bits per heavy atom. The number of anilines is 1. The smallest absolute Gasteiger partial charge is 0.152 e. The van der Waals surface area contributed by atoms with Crippen molar-refractivity contribution in [3.05, 3.63) is 53.8 Å². The molecule has 0 aromatic heterocycles. The Hall–Kier alpha value is -2.23. The lowest BCUT2D eigenvalue weighted by Crippen LogP contribution is -2.01. The number of nitrogen functional groups attached to an aromatic ring is 1. The maximum absolute atomic E-state index is 13.6. The summed E-state index contributed by atoms with van der Waals surface area (Å²) in [6, 6.07) is 12.1. The zero-order valence-electron chi connectivity index (χ0n) is 10.7. The highest BCUT2D eigenvalue weighted by molar-refractivity contribution is 5.42. The van der Waals surface area contributed by atoms with Crippen molar-refractivity contribution in [2.75, 3.05) is 12.3 Å². The molecular formula is C15H16FNO2. The molecule has 0 fully saturated rings. The Balaban J connectivity index is 2.00. The third kappa shape index (κ3) is 3.37. The minimum Gasteiger partial charge on any atom is -0.494 e. The number of nitrogens with two attached hydrogens (primary N) is 1. The van der Waals surface area contributed by atoms with Crippen molar-refractivity contribution in [2.24, 2.45) is 0 Å². The molecule has 0 atom stereocenters. The van der Waals surface area contributed by atoms with E-state index in [-0.39, 0.29) is 12.3 Å². The van der Waals surface area contributed by atoms with Crippen molar-refractivity contribution < 1.29 is 13.9 Å². The summed E-state index contributed by atoms with van der Waals surface area (Å²) in [6.45, 7) is 2.69. The number of hydrogen-bond acceptors (Lipinski definition) is 3. The molecule has 0 radical (unpaired) electrons. The van der Waals surface area contributed by atoms with Crippen molar-refractivity contribution in [1.82, 2.24) is 0 Å². The number of ether oxygens (including phenoxy) is 2. The third-order valence-electron chi connectivity index (χ3n) is 2.64. The Morgan fingerprint density at radius 1 is 1.00 bits per heavy atom. The summed E-state index contributed by atoms with van der Waals surface area (Å²) in [5.41, 5.74) is 6.07. The van der Waals surface area contributed by atoms with Crippen LogP contribution in [0.4, 0.5) is 10.1 Å². The van der Waals surface area contributed by atoms with Gasteiger partial charge in [0.1, 0.15) is 18.1 Å². The monoisotopic (exact) mass is 261 g/mol. The van der Waals surface area contributed by atoms with E-state index in [1.807, 2.05) is 19.1 Å². The number of halogens is 1. The highest BCUT2D eigenvalue weighted by atomic mass is 19.1.